The molecule has 6 heterocycles. The highest BCUT2D eigenvalue weighted by Gasteiger charge is 2.30. The van der Waals surface area contributed by atoms with Crippen LogP contribution in [0.3, 0.4) is 0 Å². The van der Waals surface area contributed by atoms with E-state index in [2.05, 4.69) is 94.7 Å². The van der Waals surface area contributed by atoms with Crippen molar-refractivity contribution in [2.45, 2.75) is 25.7 Å². The molecule has 0 saturated heterocycles. The molecule has 8 nitrogen and oxygen atoms in total. The maximum absolute atomic E-state index is 5.37. The fourth-order valence-electron chi connectivity index (χ4n) is 8.15. The number of hydrogen-bond donors (Lipinski definition) is 0. The third kappa shape index (κ3) is 6.05. The van der Waals surface area contributed by atoms with Gasteiger partial charge in [0.1, 0.15) is 33.3 Å². The van der Waals surface area contributed by atoms with Gasteiger partial charge in [0.05, 0.1) is 20.4 Å². The van der Waals surface area contributed by atoms with Crippen molar-refractivity contribution >= 4 is 88.9 Å². The Morgan fingerprint density at radius 2 is 1.14 bits per heavy atom. The number of thiazole rings is 2. The Morgan fingerprint density at radius 3 is 1.72 bits per heavy atom. The van der Waals surface area contributed by atoms with Gasteiger partial charge in [-0.1, -0.05) is 54.6 Å². The minimum Gasteiger partial charge on any atom is -0.283 e. The summed E-state index contributed by atoms with van der Waals surface area (Å²) in [6.07, 6.45) is 15.2. The van der Waals surface area contributed by atoms with Crippen LogP contribution in [0.2, 0.25) is 0 Å². The number of aliphatic imine (C=N–C) groups is 1. The van der Waals surface area contributed by atoms with Crippen LogP contribution in [0.15, 0.2) is 163 Å². The standard InChI is InChI=1S/C48H34N8S2/c1-3-15-39-37(13-1)53-47(57-39)45-33-23-21-31(55(41-17-5-9-25-49-41)42-18-6-10-26-50-42)29-35(33)46(48-54-38-14-2-4-16-40(38)58-48)36-30-32(22-24-34(36)45)56(43-19-7-11-27-51-43)44-20-8-12-28-52-44/h1-7,9-19,22,24-30H,8,20-21,23H2. The van der Waals surface area contributed by atoms with E-state index in [1.807, 2.05) is 73.3 Å². The largest absolute Gasteiger partial charge is 0.283 e. The van der Waals surface area contributed by atoms with E-state index >= 15 is 0 Å². The molecule has 0 fully saturated rings. The van der Waals surface area contributed by atoms with Gasteiger partial charge in [0.15, 0.2) is 0 Å². The summed E-state index contributed by atoms with van der Waals surface area (Å²) in [7, 11) is 0. The van der Waals surface area contributed by atoms with Crippen LogP contribution >= 0.6 is 22.7 Å². The Kier molecular flexibility index (Phi) is 8.63. The topological polar surface area (TPSA) is 83.3 Å². The Bertz CT molecular complexity index is 2970. The molecule has 58 heavy (non-hydrogen) atoms. The highest BCUT2D eigenvalue weighted by Crippen LogP contribution is 2.50. The first kappa shape index (κ1) is 34.4. The molecular formula is C48H34N8S2. The molecule has 9 aromatic rings. The monoisotopic (exact) mass is 786 g/mol. The summed E-state index contributed by atoms with van der Waals surface area (Å²) in [6, 6.07) is 41.8. The number of hydrogen-bond acceptors (Lipinski definition) is 10. The summed E-state index contributed by atoms with van der Waals surface area (Å²) in [5.74, 6) is 3.42. The second-order valence-corrected chi connectivity index (χ2v) is 16.2. The first-order valence-corrected chi connectivity index (χ1v) is 21.0. The second-order valence-electron chi connectivity index (χ2n) is 14.2. The van der Waals surface area contributed by atoms with E-state index in [4.69, 9.17) is 29.9 Å². The molecule has 11 rings (SSSR count). The fourth-order valence-corrected chi connectivity index (χ4v) is 10.2. The normalized spacial score (nSPS) is 13.7. The van der Waals surface area contributed by atoms with E-state index in [1.165, 1.54) is 15.8 Å². The first-order valence-electron chi connectivity index (χ1n) is 19.4. The van der Waals surface area contributed by atoms with Crippen LogP contribution in [0.25, 0.3) is 58.4 Å². The molecule has 278 valence electrons. The molecule has 5 aromatic heterocycles. The Morgan fingerprint density at radius 1 is 0.534 bits per heavy atom. The average Bonchev–Trinajstić information content (AvgIpc) is 3.92. The molecule has 10 heteroatoms. The van der Waals surface area contributed by atoms with Crippen LogP contribution in [0.1, 0.15) is 30.4 Å². The number of aromatic nitrogens is 5. The summed E-state index contributed by atoms with van der Waals surface area (Å²) in [6.45, 7) is 0. The Balaban J connectivity index is 1.24. The van der Waals surface area contributed by atoms with Crippen molar-refractivity contribution in [3.05, 3.63) is 169 Å². The molecule has 1 aliphatic carbocycles. The number of benzene rings is 4. The van der Waals surface area contributed by atoms with E-state index in [9.17, 15) is 0 Å². The number of nitrogens with zero attached hydrogens (tertiary/aromatic N) is 8. The van der Waals surface area contributed by atoms with Crippen LogP contribution in [0.5, 0.6) is 0 Å². The van der Waals surface area contributed by atoms with Gasteiger partial charge in [-0.25, -0.2) is 29.9 Å². The average molecular weight is 787 g/mol. The van der Waals surface area contributed by atoms with E-state index < -0.39 is 0 Å². The number of anilines is 4. The van der Waals surface area contributed by atoms with E-state index in [0.29, 0.717) is 0 Å². The minimum atomic E-state index is 0.779. The molecule has 0 N–H and O–H groups in total. The third-order valence-electron chi connectivity index (χ3n) is 10.7. The zero-order chi connectivity index (χ0) is 38.4. The predicted molar refractivity (Wildman–Crippen MR) is 240 cm³/mol. The van der Waals surface area contributed by atoms with Crippen LogP contribution in [0, 0.1) is 0 Å². The quantitative estimate of drug-likeness (QED) is 0.159. The van der Waals surface area contributed by atoms with Crippen molar-refractivity contribution in [2.75, 3.05) is 9.80 Å². The second kappa shape index (κ2) is 14.6. The number of allylic oxidation sites excluding steroid dienone is 2. The third-order valence-corrected chi connectivity index (χ3v) is 12.8. The number of rotatable bonds is 7. The van der Waals surface area contributed by atoms with Crippen LogP contribution in [-0.4, -0.2) is 30.8 Å². The summed E-state index contributed by atoms with van der Waals surface area (Å²) < 4.78 is 2.31. The van der Waals surface area contributed by atoms with Gasteiger partial charge >= 0.3 is 0 Å². The zero-order valence-corrected chi connectivity index (χ0v) is 32.9. The van der Waals surface area contributed by atoms with Crippen molar-refractivity contribution in [3.8, 4) is 21.1 Å². The maximum atomic E-state index is 5.37. The highest BCUT2D eigenvalue weighted by atomic mass is 32.1. The van der Waals surface area contributed by atoms with Crippen molar-refractivity contribution in [1.82, 2.24) is 24.9 Å². The maximum Gasteiger partial charge on any atom is 0.138 e. The lowest BCUT2D eigenvalue weighted by Crippen LogP contribution is -2.27. The summed E-state index contributed by atoms with van der Waals surface area (Å²) in [5, 5.41) is 4.22. The molecule has 1 aliphatic heterocycles. The summed E-state index contributed by atoms with van der Waals surface area (Å²) >= 11 is 3.49. The number of amidine groups is 1. The molecule has 0 bridgehead atoms. The zero-order valence-electron chi connectivity index (χ0n) is 31.2. The van der Waals surface area contributed by atoms with E-state index in [-0.39, 0.29) is 0 Å². The molecular weight excluding hydrogens is 753 g/mol. The van der Waals surface area contributed by atoms with Gasteiger partial charge in [-0.2, -0.15) is 0 Å². The first-order chi connectivity index (χ1) is 28.8. The molecule has 0 unspecified atom stereocenters. The number of fused-ring (bicyclic) bond motifs is 4. The van der Waals surface area contributed by atoms with Crippen molar-refractivity contribution in [1.29, 1.82) is 0 Å². The summed E-state index contributed by atoms with van der Waals surface area (Å²) in [5.41, 5.74) is 8.76. The van der Waals surface area contributed by atoms with Crippen LogP contribution < -0.4 is 9.80 Å². The number of pyridine rings is 3. The molecule has 0 saturated carbocycles. The molecule has 0 radical (unpaired) electrons. The lowest BCUT2D eigenvalue weighted by Gasteiger charge is -2.31. The number of para-hydroxylation sites is 2. The van der Waals surface area contributed by atoms with Gasteiger partial charge in [0.2, 0.25) is 0 Å². The van der Waals surface area contributed by atoms with E-state index in [0.717, 1.165) is 108 Å². The summed E-state index contributed by atoms with van der Waals surface area (Å²) in [4.78, 5) is 34.5. The molecule has 0 amide bonds. The SMILES string of the molecule is C1=CN=C(N(c2ccc3c(-c4nc5ccccc5s4)c4c(c(-c5nc6ccccc6s5)c3c2)C=C(N(c2ccccn2)c2ccccn2)CC4)c2ccccn2)CC1. The molecule has 4 aromatic carbocycles. The fraction of sp³-hybridized carbons (Fsp3) is 0.0833. The van der Waals surface area contributed by atoms with E-state index in [1.54, 1.807) is 22.7 Å². The van der Waals surface area contributed by atoms with Gasteiger partial charge in [-0.3, -0.25) is 9.80 Å². The Hall–Kier alpha value is -6.88. The van der Waals surface area contributed by atoms with Crippen molar-refractivity contribution < 1.29 is 0 Å². The minimum absolute atomic E-state index is 0.779. The lowest BCUT2D eigenvalue weighted by atomic mass is 9.83. The molecule has 0 atom stereocenters. The van der Waals surface area contributed by atoms with Gasteiger partial charge in [0, 0.05) is 53.7 Å². The lowest BCUT2D eigenvalue weighted by molar-refractivity contribution is 0.882. The predicted octanol–water partition coefficient (Wildman–Crippen LogP) is 12.5. The smallest absolute Gasteiger partial charge is 0.138 e. The van der Waals surface area contributed by atoms with Crippen LogP contribution in [0.4, 0.5) is 23.1 Å². The van der Waals surface area contributed by atoms with Gasteiger partial charge in [-0.15, -0.1) is 22.7 Å². The van der Waals surface area contributed by atoms with Gasteiger partial charge < -0.3 is 0 Å². The van der Waals surface area contributed by atoms with Gasteiger partial charge in [-0.05, 0) is 120 Å². The Labute approximate surface area is 342 Å². The van der Waals surface area contributed by atoms with Gasteiger partial charge in [0.25, 0.3) is 0 Å². The van der Waals surface area contributed by atoms with Crippen LogP contribution in [-0.2, 0) is 6.42 Å². The van der Waals surface area contributed by atoms with Crippen molar-refractivity contribution in [2.24, 2.45) is 4.99 Å². The van der Waals surface area contributed by atoms with Crippen molar-refractivity contribution in [3.63, 3.8) is 0 Å². The highest BCUT2D eigenvalue weighted by molar-refractivity contribution is 7.22. The molecule has 0 spiro atoms. The molecule has 2 aliphatic rings.